The first-order valence-electron chi connectivity index (χ1n) is 15.0. The van der Waals surface area contributed by atoms with Crippen molar-refractivity contribution in [3.05, 3.63) is 60.2 Å². The van der Waals surface area contributed by atoms with E-state index in [1.807, 2.05) is 0 Å². The molecule has 0 amide bonds. The highest BCUT2D eigenvalue weighted by Crippen LogP contribution is 2.38. The number of nitrogens with zero attached hydrogens (tertiary/aromatic N) is 5. The summed E-state index contributed by atoms with van der Waals surface area (Å²) in [5, 5.41) is 0. The normalized spacial score (nSPS) is 21.8. The van der Waals surface area contributed by atoms with Crippen LogP contribution in [-0.2, 0) is 10.4 Å². The van der Waals surface area contributed by atoms with E-state index in [1.165, 1.54) is 16.7 Å². The molecule has 0 radical (unpaired) electrons. The van der Waals surface area contributed by atoms with Gasteiger partial charge in [0.2, 0.25) is 5.90 Å². The summed E-state index contributed by atoms with van der Waals surface area (Å²) in [4.78, 5) is 24.9. The lowest BCUT2D eigenvalue weighted by molar-refractivity contribution is 0.0531. The molecule has 0 aromatic heterocycles. The number of benzene rings is 2. The van der Waals surface area contributed by atoms with Gasteiger partial charge in [-0.3, -0.25) is 14.9 Å². The molecule has 1 fully saturated rings. The molecule has 2 aromatic carbocycles. The number of aliphatic imine (C=N–C) groups is 3. The van der Waals surface area contributed by atoms with Gasteiger partial charge in [0, 0.05) is 51.7 Å². The fraction of sp³-hybridized carbons (Fsp3) is 0.545. The SMILES string of the molecule is CCCN=C(ONC)C(C)CCN(C)C1=NC=NC2CCN(C(C)(CC)c3ccc(-c4ccccc4)cc3)CC12. The summed E-state index contributed by atoms with van der Waals surface area (Å²) in [6.45, 7) is 12.7. The molecule has 40 heavy (non-hydrogen) atoms. The maximum atomic E-state index is 5.63. The summed E-state index contributed by atoms with van der Waals surface area (Å²) in [5.74, 6) is 2.44. The first-order chi connectivity index (χ1) is 19.4. The van der Waals surface area contributed by atoms with Gasteiger partial charge in [0.1, 0.15) is 12.2 Å². The Morgan fingerprint density at radius 2 is 1.88 bits per heavy atom. The zero-order valence-corrected chi connectivity index (χ0v) is 25.3. The van der Waals surface area contributed by atoms with Crippen molar-refractivity contribution in [1.29, 1.82) is 0 Å². The predicted molar refractivity (Wildman–Crippen MR) is 168 cm³/mol. The van der Waals surface area contributed by atoms with E-state index in [-0.39, 0.29) is 17.4 Å². The Bertz CT molecular complexity index is 1160. The molecule has 4 unspecified atom stereocenters. The van der Waals surface area contributed by atoms with Crippen LogP contribution in [0.2, 0.25) is 0 Å². The Morgan fingerprint density at radius 3 is 2.55 bits per heavy atom. The number of piperidine rings is 1. The van der Waals surface area contributed by atoms with Crippen molar-refractivity contribution < 1.29 is 4.84 Å². The molecule has 4 atom stereocenters. The van der Waals surface area contributed by atoms with Gasteiger partial charge >= 0.3 is 0 Å². The van der Waals surface area contributed by atoms with E-state index >= 15 is 0 Å². The first-order valence-corrected chi connectivity index (χ1v) is 15.0. The van der Waals surface area contributed by atoms with Gasteiger partial charge in [-0.15, -0.1) is 0 Å². The third-order valence-electron chi connectivity index (χ3n) is 8.76. The van der Waals surface area contributed by atoms with E-state index in [9.17, 15) is 0 Å². The van der Waals surface area contributed by atoms with Crippen LogP contribution < -0.4 is 5.48 Å². The van der Waals surface area contributed by atoms with Crippen molar-refractivity contribution in [3.8, 4) is 11.1 Å². The fourth-order valence-corrected chi connectivity index (χ4v) is 5.98. The topological polar surface area (TPSA) is 64.8 Å². The molecule has 7 heteroatoms. The summed E-state index contributed by atoms with van der Waals surface area (Å²) < 4.78 is 0. The van der Waals surface area contributed by atoms with Gasteiger partial charge < -0.3 is 9.74 Å². The molecule has 2 aromatic rings. The molecule has 1 saturated heterocycles. The Balaban J connectivity index is 1.46. The molecular weight excluding hydrogens is 496 g/mol. The second-order valence-electron chi connectivity index (χ2n) is 11.4. The summed E-state index contributed by atoms with van der Waals surface area (Å²) in [5.41, 5.74) is 6.65. The maximum Gasteiger partial charge on any atom is 0.212 e. The van der Waals surface area contributed by atoms with Gasteiger partial charge in [0.05, 0.1) is 12.0 Å². The van der Waals surface area contributed by atoms with Gasteiger partial charge in [0.25, 0.3) is 0 Å². The van der Waals surface area contributed by atoms with Crippen LogP contribution in [0.3, 0.4) is 0 Å². The van der Waals surface area contributed by atoms with E-state index in [2.05, 4.69) is 110 Å². The smallest absolute Gasteiger partial charge is 0.212 e. The minimum Gasteiger partial charge on any atom is -0.393 e. The highest BCUT2D eigenvalue weighted by molar-refractivity contribution is 5.93. The van der Waals surface area contributed by atoms with E-state index in [0.29, 0.717) is 6.04 Å². The first kappa shape index (κ1) is 29.9. The van der Waals surface area contributed by atoms with Crippen LogP contribution in [0.4, 0.5) is 0 Å². The Labute approximate surface area is 241 Å². The average molecular weight is 545 g/mol. The standard InChI is InChI=1S/C33H48N6O/c1-7-20-35-32(40-34-5)25(3)18-21-38(6)31-29-23-39(22-19-30(29)36-24-37-31)33(4,8-2)28-16-14-27(15-17-28)26-12-10-9-11-13-26/h9-17,24-25,29-30,34H,7-8,18-23H2,1-6H3. The van der Waals surface area contributed by atoms with Crippen molar-refractivity contribution in [3.63, 3.8) is 0 Å². The van der Waals surface area contributed by atoms with Crippen LogP contribution in [0.25, 0.3) is 11.1 Å². The number of rotatable bonds is 11. The van der Waals surface area contributed by atoms with Crippen molar-refractivity contribution in [2.75, 3.05) is 40.3 Å². The largest absolute Gasteiger partial charge is 0.393 e. The second kappa shape index (κ2) is 14.0. The van der Waals surface area contributed by atoms with Gasteiger partial charge in [-0.1, -0.05) is 75.4 Å². The fourth-order valence-electron chi connectivity index (χ4n) is 5.98. The monoisotopic (exact) mass is 544 g/mol. The average Bonchev–Trinajstić information content (AvgIpc) is 3.01. The molecule has 0 spiro atoms. The minimum atomic E-state index is -0.0469. The number of fused-ring (bicyclic) bond motifs is 1. The maximum absolute atomic E-state index is 5.63. The van der Waals surface area contributed by atoms with Crippen molar-refractivity contribution in [1.82, 2.24) is 15.3 Å². The molecule has 0 saturated carbocycles. The number of likely N-dealkylation sites (tertiary alicyclic amines) is 1. The highest BCUT2D eigenvalue weighted by atomic mass is 16.7. The molecule has 2 aliphatic heterocycles. The van der Waals surface area contributed by atoms with Crippen molar-refractivity contribution >= 4 is 18.1 Å². The highest BCUT2D eigenvalue weighted by Gasteiger charge is 2.42. The molecule has 216 valence electrons. The minimum absolute atomic E-state index is 0.0469. The number of amidine groups is 1. The van der Waals surface area contributed by atoms with Gasteiger partial charge in [-0.05, 0) is 49.3 Å². The summed E-state index contributed by atoms with van der Waals surface area (Å²) >= 11 is 0. The van der Waals surface area contributed by atoms with Crippen LogP contribution in [0.5, 0.6) is 0 Å². The van der Waals surface area contributed by atoms with Crippen LogP contribution in [0, 0.1) is 11.8 Å². The predicted octanol–water partition coefficient (Wildman–Crippen LogP) is 6.03. The number of hydrogen-bond acceptors (Lipinski definition) is 7. The second-order valence-corrected chi connectivity index (χ2v) is 11.4. The molecule has 2 aliphatic rings. The van der Waals surface area contributed by atoms with Crippen molar-refractivity contribution in [2.45, 2.75) is 65.0 Å². The Kier molecular flexibility index (Phi) is 10.5. The quantitative estimate of drug-likeness (QED) is 0.213. The van der Waals surface area contributed by atoms with E-state index < -0.39 is 0 Å². The lowest BCUT2D eigenvalue weighted by atomic mass is 9.81. The molecule has 0 bridgehead atoms. The third-order valence-corrected chi connectivity index (χ3v) is 8.76. The molecule has 0 aliphatic carbocycles. The molecule has 4 rings (SSSR count). The summed E-state index contributed by atoms with van der Waals surface area (Å²) in [6.07, 6.45) is 5.83. The number of hydroxylamine groups is 1. The molecular formula is C33H48N6O. The van der Waals surface area contributed by atoms with Crippen LogP contribution >= 0.6 is 0 Å². The summed E-state index contributed by atoms with van der Waals surface area (Å²) in [6, 6.07) is 20.1. The third kappa shape index (κ3) is 6.81. The van der Waals surface area contributed by atoms with Gasteiger partial charge in [-0.2, -0.15) is 5.48 Å². The van der Waals surface area contributed by atoms with E-state index in [4.69, 9.17) is 14.8 Å². The lowest BCUT2D eigenvalue weighted by Gasteiger charge is -2.48. The van der Waals surface area contributed by atoms with Crippen LogP contribution in [0.15, 0.2) is 69.6 Å². The number of hydrogen-bond donors (Lipinski definition) is 1. The Morgan fingerprint density at radius 1 is 1.15 bits per heavy atom. The molecule has 1 N–H and O–H groups in total. The van der Waals surface area contributed by atoms with Gasteiger partial charge in [0.15, 0.2) is 0 Å². The van der Waals surface area contributed by atoms with Crippen LogP contribution in [-0.4, -0.2) is 74.2 Å². The van der Waals surface area contributed by atoms with Crippen LogP contribution in [0.1, 0.15) is 58.9 Å². The van der Waals surface area contributed by atoms with Gasteiger partial charge in [-0.25, -0.2) is 4.99 Å². The number of nitrogens with one attached hydrogen (secondary N) is 1. The zero-order chi connectivity index (χ0) is 28.5. The van der Waals surface area contributed by atoms with E-state index in [0.717, 1.165) is 63.6 Å². The Hall–Kier alpha value is -3.03. The molecule has 2 heterocycles. The van der Waals surface area contributed by atoms with Crippen molar-refractivity contribution in [2.24, 2.45) is 26.8 Å². The summed E-state index contributed by atoms with van der Waals surface area (Å²) in [7, 11) is 3.96. The lowest BCUT2D eigenvalue weighted by Crippen LogP contribution is -2.56. The molecule has 7 nitrogen and oxygen atoms in total. The van der Waals surface area contributed by atoms with E-state index in [1.54, 1.807) is 13.4 Å². The zero-order valence-electron chi connectivity index (χ0n) is 25.3.